The summed E-state index contributed by atoms with van der Waals surface area (Å²) in [6.45, 7) is 5.93. The molecule has 0 aromatic heterocycles. The molecule has 1 amide bonds. The summed E-state index contributed by atoms with van der Waals surface area (Å²) in [6, 6.07) is 8.60. The third-order valence-corrected chi connectivity index (χ3v) is 4.81. The zero-order valence-electron chi connectivity index (χ0n) is 14.4. The molecule has 0 radical (unpaired) electrons. The Kier molecular flexibility index (Phi) is 5.87. The highest BCUT2D eigenvalue weighted by Crippen LogP contribution is 2.22. The average molecular weight is 355 g/mol. The molecule has 2 rings (SSSR count). The first-order chi connectivity index (χ1) is 11.2. The molecule has 1 atom stereocenters. The zero-order chi connectivity index (χ0) is 17.8. The molecule has 24 heavy (non-hydrogen) atoms. The van der Waals surface area contributed by atoms with Crippen molar-refractivity contribution in [3.05, 3.63) is 35.9 Å². The molecular weight excluding hydrogens is 330 g/mol. The monoisotopic (exact) mass is 355 g/mol. The van der Waals surface area contributed by atoms with Crippen LogP contribution >= 0.6 is 0 Å². The van der Waals surface area contributed by atoms with Gasteiger partial charge in [0.15, 0.2) is 0 Å². The maximum absolute atomic E-state index is 12.2. The number of hydrogen-bond donors (Lipinski definition) is 0. The van der Waals surface area contributed by atoms with Crippen LogP contribution in [-0.4, -0.2) is 44.2 Å². The molecule has 1 fully saturated rings. The van der Waals surface area contributed by atoms with Gasteiger partial charge in [-0.05, 0) is 39.2 Å². The fraction of sp³-hybridized carbons (Fsp3) is 0.588. The Labute approximate surface area is 143 Å². The predicted molar refractivity (Wildman–Crippen MR) is 91.0 cm³/mol. The van der Waals surface area contributed by atoms with Gasteiger partial charge in [-0.1, -0.05) is 30.3 Å². The van der Waals surface area contributed by atoms with E-state index in [0.717, 1.165) is 6.42 Å². The summed E-state index contributed by atoms with van der Waals surface area (Å²) in [7, 11) is -3.69. The van der Waals surface area contributed by atoms with E-state index in [1.165, 1.54) is 0 Å². The van der Waals surface area contributed by atoms with Crippen molar-refractivity contribution in [2.45, 2.75) is 51.0 Å². The first-order valence-corrected chi connectivity index (χ1v) is 9.65. The number of carbonyl (C=O) groups excluding carboxylic acids is 1. The van der Waals surface area contributed by atoms with E-state index in [2.05, 4.69) is 0 Å². The molecule has 0 bridgehead atoms. The number of rotatable bonds is 5. The highest BCUT2D eigenvalue weighted by Gasteiger charge is 2.33. The summed E-state index contributed by atoms with van der Waals surface area (Å²) in [4.78, 5) is 13.7. The maximum atomic E-state index is 12.2. The molecule has 0 saturated carbocycles. The van der Waals surface area contributed by atoms with Gasteiger partial charge >= 0.3 is 6.09 Å². The lowest BCUT2D eigenvalue weighted by Crippen LogP contribution is -2.42. The van der Waals surface area contributed by atoms with Gasteiger partial charge in [-0.2, -0.15) is 8.42 Å². The molecule has 0 spiro atoms. The number of carbonyl (C=O) groups is 1. The lowest BCUT2D eigenvalue weighted by molar-refractivity contribution is 0.0189. The summed E-state index contributed by atoms with van der Waals surface area (Å²) in [5.41, 5.74) is 0.0951. The standard InChI is InChI=1S/C17H25NO5S/c1-17(2,3)23-16(19)18-11-7-10-15(18)12-22-24(20,21)13-14-8-5-4-6-9-14/h4-6,8-9,15H,7,10-13H2,1-3H3/t15-/m0/s1. The Morgan fingerprint density at radius 2 is 1.92 bits per heavy atom. The molecule has 0 unspecified atom stereocenters. The number of likely N-dealkylation sites (tertiary alicyclic amines) is 1. The second-order valence-corrected chi connectivity index (χ2v) is 8.58. The second-order valence-electron chi connectivity index (χ2n) is 6.94. The largest absolute Gasteiger partial charge is 0.444 e. The summed E-state index contributed by atoms with van der Waals surface area (Å²) in [6.07, 6.45) is 1.10. The van der Waals surface area contributed by atoms with Gasteiger partial charge in [0.05, 0.1) is 12.6 Å². The van der Waals surface area contributed by atoms with Crippen LogP contribution in [0.15, 0.2) is 30.3 Å². The average Bonchev–Trinajstić information content (AvgIpc) is 2.93. The molecule has 1 aliphatic heterocycles. The summed E-state index contributed by atoms with van der Waals surface area (Å²) in [5.74, 6) is -0.174. The summed E-state index contributed by atoms with van der Waals surface area (Å²) >= 11 is 0. The number of nitrogens with zero attached hydrogens (tertiary/aromatic N) is 1. The van der Waals surface area contributed by atoms with Crippen LogP contribution in [0.5, 0.6) is 0 Å². The number of benzene rings is 1. The highest BCUT2D eigenvalue weighted by atomic mass is 32.2. The normalized spacial score (nSPS) is 18.6. The Bertz CT molecular complexity index is 651. The van der Waals surface area contributed by atoms with Gasteiger partial charge in [0.2, 0.25) is 0 Å². The molecule has 1 aromatic carbocycles. The highest BCUT2D eigenvalue weighted by molar-refractivity contribution is 7.85. The number of hydrogen-bond acceptors (Lipinski definition) is 5. The third kappa shape index (κ3) is 5.79. The molecule has 134 valence electrons. The quantitative estimate of drug-likeness (QED) is 0.759. The van der Waals surface area contributed by atoms with Crippen molar-refractivity contribution >= 4 is 16.2 Å². The van der Waals surface area contributed by atoms with Crippen LogP contribution in [0.25, 0.3) is 0 Å². The van der Waals surface area contributed by atoms with Crippen LogP contribution in [0.3, 0.4) is 0 Å². The van der Waals surface area contributed by atoms with Crippen LogP contribution in [0.2, 0.25) is 0 Å². The van der Waals surface area contributed by atoms with E-state index in [1.54, 1.807) is 49.9 Å². The lowest BCUT2D eigenvalue weighted by Gasteiger charge is -2.28. The first kappa shape index (κ1) is 18.7. The predicted octanol–water partition coefficient (Wildman–Crippen LogP) is 2.93. The maximum Gasteiger partial charge on any atom is 0.410 e. The molecule has 6 nitrogen and oxygen atoms in total. The van der Waals surface area contributed by atoms with Gasteiger partial charge in [0, 0.05) is 6.54 Å². The van der Waals surface area contributed by atoms with Crippen molar-refractivity contribution in [3.8, 4) is 0 Å². The van der Waals surface area contributed by atoms with Gasteiger partial charge in [0.1, 0.15) is 11.4 Å². The van der Waals surface area contributed by atoms with E-state index in [0.29, 0.717) is 18.5 Å². The van der Waals surface area contributed by atoms with Gasteiger partial charge in [0.25, 0.3) is 10.1 Å². The van der Waals surface area contributed by atoms with Crippen LogP contribution in [-0.2, 0) is 24.8 Å². The fourth-order valence-electron chi connectivity index (χ4n) is 2.57. The van der Waals surface area contributed by atoms with Crippen molar-refractivity contribution in [1.82, 2.24) is 4.90 Å². The fourth-order valence-corrected chi connectivity index (χ4v) is 3.62. The van der Waals surface area contributed by atoms with Crippen molar-refractivity contribution < 1.29 is 22.1 Å². The number of ether oxygens (including phenoxy) is 1. The van der Waals surface area contributed by atoms with Gasteiger partial charge in [-0.15, -0.1) is 0 Å². The van der Waals surface area contributed by atoms with Crippen molar-refractivity contribution in [2.24, 2.45) is 0 Å². The molecule has 1 aromatic rings. The van der Waals surface area contributed by atoms with E-state index in [4.69, 9.17) is 8.92 Å². The Morgan fingerprint density at radius 1 is 1.25 bits per heavy atom. The smallest absolute Gasteiger partial charge is 0.410 e. The van der Waals surface area contributed by atoms with Crippen LogP contribution in [0, 0.1) is 0 Å². The summed E-state index contributed by atoms with van der Waals surface area (Å²) < 4.78 is 34.7. The van der Waals surface area contributed by atoms with E-state index in [1.807, 2.05) is 6.07 Å². The zero-order valence-corrected chi connectivity index (χ0v) is 15.2. The molecule has 7 heteroatoms. The van der Waals surface area contributed by atoms with Crippen LogP contribution in [0.1, 0.15) is 39.2 Å². The topological polar surface area (TPSA) is 72.9 Å². The van der Waals surface area contributed by atoms with Crippen LogP contribution < -0.4 is 0 Å². The minimum atomic E-state index is -3.69. The Morgan fingerprint density at radius 3 is 2.54 bits per heavy atom. The molecule has 1 saturated heterocycles. The second kappa shape index (κ2) is 7.53. The Hall–Kier alpha value is -1.60. The van der Waals surface area contributed by atoms with Crippen molar-refractivity contribution in [2.75, 3.05) is 13.2 Å². The van der Waals surface area contributed by atoms with E-state index >= 15 is 0 Å². The third-order valence-electron chi connectivity index (χ3n) is 3.63. The molecule has 1 heterocycles. The lowest BCUT2D eigenvalue weighted by atomic mass is 10.2. The SMILES string of the molecule is CC(C)(C)OC(=O)N1CCC[C@H]1COS(=O)(=O)Cc1ccccc1. The Balaban J connectivity index is 1.91. The molecular formula is C17H25NO5S. The first-order valence-electron chi connectivity index (χ1n) is 8.07. The van der Waals surface area contributed by atoms with Crippen molar-refractivity contribution in [1.29, 1.82) is 0 Å². The molecule has 0 aliphatic carbocycles. The molecule has 1 aliphatic rings. The minimum Gasteiger partial charge on any atom is -0.444 e. The van der Waals surface area contributed by atoms with Gasteiger partial charge in [-0.3, -0.25) is 4.18 Å². The van der Waals surface area contributed by atoms with E-state index in [9.17, 15) is 13.2 Å². The van der Waals surface area contributed by atoms with Crippen molar-refractivity contribution in [3.63, 3.8) is 0 Å². The van der Waals surface area contributed by atoms with Crippen LogP contribution in [0.4, 0.5) is 4.79 Å². The summed E-state index contributed by atoms with van der Waals surface area (Å²) in [5, 5.41) is 0. The van der Waals surface area contributed by atoms with Gasteiger partial charge in [-0.25, -0.2) is 4.79 Å². The number of amides is 1. The van der Waals surface area contributed by atoms with E-state index < -0.39 is 21.8 Å². The van der Waals surface area contributed by atoms with E-state index in [-0.39, 0.29) is 18.4 Å². The minimum absolute atomic E-state index is 0.0333. The van der Waals surface area contributed by atoms with Gasteiger partial charge < -0.3 is 9.64 Å². The molecule has 0 N–H and O–H groups in total.